The van der Waals surface area contributed by atoms with E-state index in [-0.39, 0.29) is 5.76 Å². The third-order valence-corrected chi connectivity index (χ3v) is 5.36. The molecule has 0 fully saturated rings. The maximum Gasteiger partial charge on any atom is 0.341 e. The van der Waals surface area contributed by atoms with Gasteiger partial charge in [-0.2, -0.15) is 0 Å². The number of furan rings is 1. The molecule has 4 aromatic rings. The topological polar surface area (TPSA) is 68.5 Å². The molecule has 0 aliphatic carbocycles. The number of anilines is 1. The number of amides is 1. The minimum Gasteiger partial charge on any atom is -0.462 e. The van der Waals surface area contributed by atoms with Gasteiger partial charge >= 0.3 is 5.97 Å². The number of ether oxygens (including phenoxy) is 1. The predicted molar refractivity (Wildman–Crippen MR) is 114 cm³/mol. The highest BCUT2D eigenvalue weighted by molar-refractivity contribution is 7.15. The summed E-state index contributed by atoms with van der Waals surface area (Å²) in [6, 6.07) is 17.3. The minimum absolute atomic E-state index is 0.179. The van der Waals surface area contributed by atoms with Crippen molar-refractivity contribution in [3.8, 4) is 11.1 Å². The van der Waals surface area contributed by atoms with Gasteiger partial charge in [-0.3, -0.25) is 4.79 Å². The van der Waals surface area contributed by atoms with Gasteiger partial charge in [0, 0.05) is 10.9 Å². The number of rotatable bonds is 6. The van der Waals surface area contributed by atoms with Crippen LogP contribution in [0, 0.1) is 0 Å². The van der Waals surface area contributed by atoms with Crippen LogP contribution in [0.1, 0.15) is 34.3 Å². The van der Waals surface area contributed by atoms with E-state index in [2.05, 4.69) is 5.32 Å². The van der Waals surface area contributed by atoms with E-state index >= 15 is 0 Å². The van der Waals surface area contributed by atoms with Crippen molar-refractivity contribution in [3.63, 3.8) is 0 Å². The van der Waals surface area contributed by atoms with Crippen LogP contribution in [0.15, 0.2) is 70.7 Å². The van der Waals surface area contributed by atoms with Gasteiger partial charge in [-0.15, -0.1) is 11.3 Å². The third-order valence-electron chi connectivity index (χ3n) is 4.46. The first-order valence-electron chi connectivity index (χ1n) is 9.30. The van der Waals surface area contributed by atoms with Gasteiger partial charge in [0.25, 0.3) is 5.91 Å². The van der Waals surface area contributed by atoms with Gasteiger partial charge in [-0.1, -0.05) is 43.3 Å². The molecule has 0 saturated heterocycles. The molecule has 2 aromatic carbocycles. The molecule has 4 rings (SSSR count). The van der Waals surface area contributed by atoms with Gasteiger partial charge in [0.15, 0.2) is 5.76 Å². The second-order valence-electron chi connectivity index (χ2n) is 6.48. The number of carbonyl (C=O) groups is 2. The zero-order valence-electron chi connectivity index (χ0n) is 15.8. The molecule has 6 heteroatoms. The Morgan fingerprint density at radius 3 is 2.66 bits per heavy atom. The highest BCUT2D eigenvalue weighted by Gasteiger charge is 2.24. The second-order valence-corrected chi connectivity index (χ2v) is 7.36. The van der Waals surface area contributed by atoms with Crippen molar-refractivity contribution in [1.82, 2.24) is 0 Å². The van der Waals surface area contributed by atoms with E-state index in [4.69, 9.17) is 9.15 Å². The lowest BCUT2D eigenvalue weighted by atomic mass is 10.00. The van der Waals surface area contributed by atoms with Crippen LogP contribution < -0.4 is 5.32 Å². The SMILES string of the molecule is CCCOC(=O)c1c(-c2ccc3ccccc3c2)csc1NC(=O)c1ccco1. The molecule has 0 unspecified atom stereocenters. The summed E-state index contributed by atoms with van der Waals surface area (Å²) in [7, 11) is 0. The van der Waals surface area contributed by atoms with E-state index in [0.29, 0.717) is 17.2 Å². The van der Waals surface area contributed by atoms with Crippen LogP contribution in [0.25, 0.3) is 21.9 Å². The molecule has 0 atom stereocenters. The summed E-state index contributed by atoms with van der Waals surface area (Å²) in [5.74, 6) is -0.684. The van der Waals surface area contributed by atoms with Crippen LogP contribution >= 0.6 is 11.3 Å². The van der Waals surface area contributed by atoms with Crippen molar-refractivity contribution in [2.75, 3.05) is 11.9 Å². The molecule has 0 saturated carbocycles. The van der Waals surface area contributed by atoms with E-state index in [1.54, 1.807) is 12.1 Å². The lowest BCUT2D eigenvalue weighted by Gasteiger charge is -2.09. The molecule has 0 bridgehead atoms. The standard InChI is InChI=1S/C23H19NO4S/c1-2-11-28-23(26)20-18(17-10-9-15-6-3-4-7-16(15)13-17)14-29-22(20)24-21(25)19-8-5-12-27-19/h3-10,12-14H,2,11H2,1H3,(H,24,25). The molecular formula is C23H19NO4S. The third kappa shape index (κ3) is 3.93. The molecule has 1 amide bonds. The number of hydrogen-bond acceptors (Lipinski definition) is 5. The highest BCUT2D eigenvalue weighted by atomic mass is 32.1. The van der Waals surface area contributed by atoms with Gasteiger partial charge in [-0.05, 0) is 41.0 Å². The average Bonchev–Trinajstić information content (AvgIpc) is 3.42. The van der Waals surface area contributed by atoms with Crippen LogP contribution in [0.2, 0.25) is 0 Å². The summed E-state index contributed by atoms with van der Waals surface area (Å²) in [5, 5.41) is 7.28. The van der Waals surface area contributed by atoms with Crippen LogP contribution in [-0.4, -0.2) is 18.5 Å². The average molecular weight is 405 g/mol. The molecule has 1 N–H and O–H groups in total. The molecule has 0 spiro atoms. The Balaban J connectivity index is 1.75. The molecule has 0 aliphatic rings. The highest BCUT2D eigenvalue weighted by Crippen LogP contribution is 2.37. The maximum atomic E-state index is 12.8. The van der Waals surface area contributed by atoms with Crippen molar-refractivity contribution in [2.24, 2.45) is 0 Å². The number of benzene rings is 2. The Hall–Kier alpha value is -3.38. The Labute approximate surface area is 171 Å². The molecule has 5 nitrogen and oxygen atoms in total. The first kappa shape index (κ1) is 19.0. The number of fused-ring (bicyclic) bond motifs is 1. The fourth-order valence-corrected chi connectivity index (χ4v) is 4.01. The lowest BCUT2D eigenvalue weighted by Crippen LogP contribution is -2.14. The zero-order chi connectivity index (χ0) is 20.2. The van der Waals surface area contributed by atoms with Crippen molar-refractivity contribution in [1.29, 1.82) is 0 Å². The van der Waals surface area contributed by atoms with Crippen molar-refractivity contribution >= 4 is 39.0 Å². The number of thiophene rings is 1. The van der Waals surface area contributed by atoms with E-state index in [1.165, 1.54) is 17.6 Å². The number of esters is 1. The van der Waals surface area contributed by atoms with Crippen molar-refractivity contribution in [2.45, 2.75) is 13.3 Å². The van der Waals surface area contributed by atoms with Crippen LogP contribution in [0.4, 0.5) is 5.00 Å². The van der Waals surface area contributed by atoms with Crippen molar-refractivity contribution < 1.29 is 18.7 Å². The lowest BCUT2D eigenvalue weighted by molar-refractivity contribution is 0.0507. The fourth-order valence-electron chi connectivity index (χ4n) is 3.06. The van der Waals surface area contributed by atoms with Crippen LogP contribution in [0.3, 0.4) is 0 Å². The predicted octanol–water partition coefficient (Wildman–Crippen LogP) is 5.98. The van der Waals surface area contributed by atoms with E-state index in [9.17, 15) is 9.59 Å². The van der Waals surface area contributed by atoms with Crippen LogP contribution in [-0.2, 0) is 4.74 Å². The molecular weight excluding hydrogens is 386 g/mol. The molecule has 0 aliphatic heterocycles. The van der Waals surface area contributed by atoms with Crippen molar-refractivity contribution in [3.05, 3.63) is 77.6 Å². The largest absolute Gasteiger partial charge is 0.462 e. The zero-order valence-corrected chi connectivity index (χ0v) is 16.6. The van der Waals surface area contributed by atoms with E-state index < -0.39 is 11.9 Å². The maximum absolute atomic E-state index is 12.8. The Morgan fingerprint density at radius 1 is 1.07 bits per heavy atom. The quantitative estimate of drug-likeness (QED) is 0.401. The van der Waals surface area contributed by atoms with Gasteiger partial charge in [0.05, 0.1) is 12.9 Å². The summed E-state index contributed by atoms with van der Waals surface area (Å²) in [6.45, 7) is 2.25. The summed E-state index contributed by atoms with van der Waals surface area (Å²) in [6.07, 6.45) is 2.15. The molecule has 29 heavy (non-hydrogen) atoms. The minimum atomic E-state index is -0.453. The summed E-state index contributed by atoms with van der Waals surface area (Å²) >= 11 is 1.29. The monoisotopic (exact) mass is 405 g/mol. The number of carbonyl (C=O) groups excluding carboxylic acids is 2. The molecule has 0 radical (unpaired) electrons. The van der Waals surface area contributed by atoms with Gasteiger partial charge in [0.2, 0.25) is 0 Å². The summed E-state index contributed by atoms with van der Waals surface area (Å²) in [4.78, 5) is 25.3. The van der Waals surface area contributed by atoms with E-state index in [1.807, 2.05) is 54.8 Å². The summed E-state index contributed by atoms with van der Waals surface area (Å²) in [5.41, 5.74) is 1.98. The van der Waals surface area contributed by atoms with Gasteiger partial charge in [0.1, 0.15) is 10.6 Å². The molecule has 2 aromatic heterocycles. The Morgan fingerprint density at radius 2 is 1.90 bits per heavy atom. The van der Waals surface area contributed by atoms with Crippen LogP contribution in [0.5, 0.6) is 0 Å². The van der Waals surface area contributed by atoms with Gasteiger partial charge < -0.3 is 14.5 Å². The number of nitrogens with one attached hydrogen (secondary N) is 1. The Bertz CT molecular complexity index is 1160. The fraction of sp³-hybridized carbons (Fsp3) is 0.130. The normalized spacial score (nSPS) is 10.8. The van der Waals surface area contributed by atoms with E-state index in [0.717, 1.165) is 28.3 Å². The first-order chi connectivity index (χ1) is 14.2. The first-order valence-corrected chi connectivity index (χ1v) is 10.2. The van der Waals surface area contributed by atoms with Gasteiger partial charge in [-0.25, -0.2) is 4.79 Å². The smallest absolute Gasteiger partial charge is 0.341 e. The number of hydrogen-bond donors (Lipinski definition) is 1. The summed E-state index contributed by atoms with van der Waals surface area (Å²) < 4.78 is 10.5. The molecule has 146 valence electrons. The Kier molecular flexibility index (Phi) is 5.44. The second kappa shape index (κ2) is 8.32. The molecule has 2 heterocycles.